The average molecular weight is 230 g/mol. The molecule has 0 saturated carbocycles. The van der Waals surface area contributed by atoms with Crippen LogP contribution in [-0.4, -0.2) is 18.9 Å². The molecule has 0 aromatic rings. The van der Waals surface area contributed by atoms with Crippen LogP contribution in [-0.2, 0) is 14.9 Å². The Labute approximate surface area is 106 Å². The molecule has 0 radical (unpaired) electrons. The monoisotopic (exact) mass is 230 g/mol. The second-order valence-electron chi connectivity index (χ2n) is 3.71. The number of primary amides is 1. The minimum absolute atomic E-state index is 0. The van der Waals surface area contributed by atoms with Crippen molar-refractivity contribution < 1.29 is 47.3 Å². The summed E-state index contributed by atoms with van der Waals surface area (Å²) in [6.45, 7) is 5.04. The van der Waals surface area contributed by atoms with E-state index in [-0.39, 0.29) is 29.6 Å². The zero-order chi connectivity index (χ0) is 10.9. The number of rotatable bonds is 2. The Kier molecular flexibility index (Phi) is 6.23. The first-order valence-electron chi connectivity index (χ1n) is 3.54. The maximum absolute atomic E-state index is 10.6. The molecule has 0 heterocycles. The van der Waals surface area contributed by atoms with Crippen LogP contribution in [0.5, 0.6) is 0 Å². The smallest absolute Gasteiger partial charge is 0.365 e. The van der Waals surface area contributed by atoms with Gasteiger partial charge in [-0.15, -0.1) is 0 Å². The standard InChI is InChI=1S/C7H13NO4S.Na/c1-7(2,3)4-5(6(8)9)13(10,11)12;/h4H,1-3H3,(H2,8,9)(H,10,11,12);/q;+1/b5-4+;. The number of carbonyl (C=O) groups is 1. The molecular formula is C7H13NNaO4S+. The topological polar surface area (TPSA) is 97.5 Å². The molecule has 0 aliphatic carbocycles. The summed E-state index contributed by atoms with van der Waals surface area (Å²) in [6, 6.07) is 0. The maximum Gasteiger partial charge on any atom is 1.00 e. The third kappa shape index (κ3) is 6.56. The van der Waals surface area contributed by atoms with E-state index in [0.29, 0.717) is 0 Å². The Morgan fingerprint density at radius 2 is 1.71 bits per heavy atom. The third-order valence-electron chi connectivity index (χ3n) is 1.08. The first-order valence-corrected chi connectivity index (χ1v) is 4.98. The minimum Gasteiger partial charge on any atom is -0.365 e. The Morgan fingerprint density at radius 3 is 1.79 bits per heavy atom. The number of nitrogens with two attached hydrogens (primary N) is 1. The van der Waals surface area contributed by atoms with E-state index >= 15 is 0 Å². The molecule has 76 valence electrons. The van der Waals surface area contributed by atoms with Crippen LogP contribution in [0, 0.1) is 5.41 Å². The van der Waals surface area contributed by atoms with Crippen LogP contribution in [0.2, 0.25) is 0 Å². The van der Waals surface area contributed by atoms with Gasteiger partial charge in [0.05, 0.1) is 0 Å². The van der Waals surface area contributed by atoms with E-state index in [2.05, 4.69) is 0 Å². The molecule has 0 bridgehead atoms. The summed E-state index contributed by atoms with van der Waals surface area (Å²) in [5.41, 5.74) is 4.24. The first kappa shape index (κ1) is 16.5. The molecule has 0 aromatic carbocycles. The van der Waals surface area contributed by atoms with E-state index < -0.39 is 26.3 Å². The largest absolute Gasteiger partial charge is 1.00 e. The fourth-order valence-corrected chi connectivity index (χ4v) is 1.42. The van der Waals surface area contributed by atoms with E-state index in [9.17, 15) is 13.2 Å². The van der Waals surface area contributed by atoms with E-state index in [1.165, 1.54) is 0 Å². The van der Waals surface area contributed by atoms with Crippen LogP contribution in [0.1, 0.15) is 20.8 Å². The van der Waals surface area contributed by atoms with Crippen molar-refractivity contribution in [3.05, 3.63) is 11.0 Å². The number of allylic oxidation sites excluding steroid dienone is 1. The van der Waals surface area contributed by atoms with Gasteiger partial charge in [0, 0.05) is 0 Å². The van der Waals surface area contributed by atoms with Gasteiger partial charge >= 0.3 is 29.6 Å². The predicted molar refractivity (Wildman–Crippen MR) is 48.3 cm³/mol. The first-order chi connectivity index (χ1) is 5.54. The molecule has 0 unspecified atom stereocenters. The van der Waals surface area contributed by atoms with Crippen molar-refractivity contribution in [3.8, 4) is 0 Å². The van der Waals surface area contributed by atoms with E-state index in [4.69, 9.17) is 10.3 Å². The molecule has 0 aliphatic rings. The number of hydrogen-bond acceptors (Lipinski definition) is 3. The molecule has 0 rings (SSSR count). The summed E-state index contributed by atoms with van der Waals surface area (Å²) in [6.07, 6.45) is 1.12. The average Bonchev–Trinajstić information content (AvgIpc) is 1.77. The van der Waals surface area contributed by atoms with Crippen LogP contribution in [0.15, 0.2) is 11.0 Å². The summed E-state index contributed by atoms with van der Waals surface area (Å²) in [7, 11) is -4.51. The molecule has 0 fully saturated rings. The minimum atomic E-state index is -4.51. The van der Waals surface area contributed by atoms with E-state index in [1.54, 1.807) is 20.8 Å². The molecular weight excluding hydrogens is 217 g/mol. The molecule has 0 saturated heterocycles. The summed E-state index contributed by atoms with van der Waals surface area (Å²) in [5.74, 6) is -1.16. The molecule has 0 aliphatic heterocycles. The fraction of sp³-hybridized carbons (Fsp3) is 0.571. The molecule has 7 heteroatoms. The Bertz CT molecular complexity index is 339. The van der Waals surface area contributed by atoms with Crippen molar-refractivity contribution >= 4 is 16.0 Å². The number of amides is 1. The SMILES string of the molecule is CC(C)(C)/C=C(\C(N)=O)S(=O)(=O)O.[Na+]. The zero-order valence-corrected chi connectivity index (χ0v) is 11.6. The third-order valence-corrected chi connectivity index (χ3v) is 1.96. The van der Waals surface area contributed by atoms with Crippen molar-refractivity contribution in [2.75, 3.05) is 0 Å². The molecule has 14 heavy (non-hydrogen) atoms. The second-order valence-corrected chi connectivity index (χ2v) is 5.10. The predicted octanol–water partition coefficient (Wildman–Crippen LogP) is -2.71. The van der Waals surface area contributed by atoms with Crippen LogP contribution in [0.3, 0.4) is 0 Å². The van der Waals surface area contributed by atoms with Gasteiger partial charge in [0.15, 0.2) is 4.91 Å². The van der Waals surface area contributed by atoms with Gasteiger partial charge in [0.2, 0.25) is 0 Å². The maximum atomic E-state index is 10.6. The fourth-order valence-electron chi connectivity index (χ4n) is 0.666. The van der Waals surface area contributed by atoms with Gasteiger partial charge in [-0.05, 0) is 5.41 Å². The summed E-state index contributed by atoms with van der Waals surface area (Å²) in [4.78, 5) is 9.87. The van der Waals surface area contributed by atoms with Crippen molar-refractivity contribution in [2.24, 2.45) is 11.1 Å². The molecule has 0 spiro atoms. The van der Waals surface area contributed by atoms with Crippen LogP contribution in [0.25, 0.3) is 0 Å². The number of carbonyl (C=O) groups excluding carboxylic acids is 1. The Hall–Kier alpha value is 0.120. The molecule has 3 N–H and O–H groups in total. The van der Waals surface area contributed by atoms with Crippen molar-refractivity contribution in [1.82, 2.24) is 0 Å². The van der Waals surface area contributed by atoms with E-state index in [0.717, 1.165) is 6.08 Å². The molecule has 5 nitrogen and oxygen atoms in total. The van der Waals surface area contributed by atoms with Crippen LogP contribution >= 0.6 is 0 Å². The summed E-state index contributed by atoms with van der Waals surface area (Å²) >= 11 is 0. The van der Waals surface area contributed by atoms with Gasteiger partial charge in [0.1, 0.15) is 0 Å². The summed E-state index contributed by atoms with van der Waals surface area (Å²) in [5, 5.41) is 0. The van der Waals surface area contributed by atoms with Gasteiger partial charge in [-0.25, -0.2) is 0 Å². The van der Waals surface area contributed by atoms with Crippen molar-refractivity contribution in [3.63, 3.8) is 0 Å². The van der Waals surface area contributed by atoms with Gasteiger partial charge < -0.3 is 5.73 Å². The summed E-state index contributed by atoms with van der Waals surface area (Å²) < 4.78 is 29.9. The molecule has 0 aromatic heterocycles. The molecule has 0 atom stereocenters. The Morgan fingerprint density at radius 1 is 1.36 bits per heavy atom. The zero-order valence-electron chi connectivity index (χ0n) is 8.73. The normalized spacial score (nSPS) is 13.3. The second kappa shape index (κ2) is 5.27. The molecule has 1 amide bonds. The van der Waals surface area contributed by atoms with E-state index in [1.807, 2.05) is 0 Å². The van der Waals surface area contributed by atoms with Gasteiger partial charge in [0.25, 0.3) is 16.0 Å². The van der Waals surface area contributed by atoms with Crippen molar-refractivity contribution in [1.29, 1.82) is 0 Å². The van der Waals surface area contributed by atoms with Crippen LogP contribution < -0.4 is 35.3 Å². The quantitative estimate of drug-likeness (QED) is 0.306. The van der Waals surface area contributed by atoms with Gasteiger partial charge in [-0.2, -0.15) is 8.42 Å². The van der Waals surface area contributed by atoms with Gasteiger partial charge in [-0.3, -0.25) is 9.35 Å². The Balaban J connectivity index is 0. The van der Waals surface area contributed by atoms with Crippen LogP contribution in [0.4, 0.5) is 0 Å². The number of hydrogen-bond donors (Lipinski definition) is 2. The van der Waals surface area contributed by atoms with Gasteiger partial charge in [-0.1, -0.05) is 26.8 Å². The van der Waals surface area contributed by atoms with Crippen molar-refractivity contribution in [2.45, 2.75) is 20.8 Å².